The van der Waals surface area contributed by atoms with Crippen LogP contribution in [0.4, 0.5) is 0 Å². The van der Waals surface area contributed by atoms with Gasteiger partial charge in [0.2, 0.25) is 0 Å². The zero-order valence-electron chi connectivity index (χ0n) is 12.2. The van der Waals surface area contributed by atoms with Gasteiger partial charge in [-0.1, -0.05) is 26.0 Å². The molecule has 0 radical (unpaired) electrons. The van der Waals surface area contributed by atoms with Gasteiger partial charge in [-0.05, 0) is 50.4 Å². The van der Waals surface area contributed by atoms with Crippen LogP contribution in [-0.2, 0) is 9.53 Å². The molecule has 2 heteroatoms. The minimum absolute atomic E-state index is 0.127. The summed E-state index contributed by atoms with van der Waals surface area (Å²) in [5, 5.41) is 0. The molecule has 1 saturated carbocycles. The molecule has 0 amide bonds. The number of carbonyl (C=O) groups excluding carboxylic acids is 1. The number of ether oxygens (including phenoxy) is 1. The topological polar surface area (TPSA) is 26.3 Å². The van der Waals surface area contributed by atoms with Gasteiger partial charge in [-0.2, -0.15) is 0 Å². The Morgan fingerprint density at radius 1 is 1.39 bits per heavy atom. The SMILES string of the molecule is C=C(C)C1CCC2OC(C)C(=O)C[C@@H](C)[C@]2(C)C1. The summed E-state index contributed by atoms with van der Waals surface area (Å²) in [5.41, 5.74) is 1.41. The smallest absolute Gasteiger partial charge is 0.161 e. The first-order valence-electron chi connectivity index (χ1n) is 7.18. The molecule has 0 bridgehead atoms. The maximum absolute atomic E-state index is 12.0. The molecule has 3 unspecified atom stereocenters. The normalized spacial score (nSPS) is 45.2. The molecular formula is C16H26O2. The predicted molar refractivity (Wildman–Crippen MR) is 73.4 cm³/mol. The van der Waals surface area contributed by atoms with E-state index >= 15 is 0 Å². The Morgan fingerprint density at radius 2 is 2.06 bits per heavy atom. The molecule has 0 aromatic heterocycles. The summed E-state index contributed by atoms with van der Waals surface area (Å²) in [4.78, 5) is 12.0. The van der Waals surface area contributed by atoms with Crippen molar-refractivity contribution in [1.82, 2.24) is 0 Å². The Hall–Kier alpha value is -0.630. The van der Waals surface area contributed by atoms with Crippen molar-refractivity contribution < 1.29 is 9.53 Å². The van der Waals surface area contributed by atoms with Crippen molar-refractivity contribution >= 4 is 5.78 Å². The van der Waals surface area contributed by atoms with E-state index < -0.39 is 0 Å². The number of hydrogen-bond donors (Lipinski definition) is 0. The highest BCUT2D eigenvalue weighted by atomic mass is 16.5. The van der Waals surface area contributed by atoms with E-state index in [-0.39, 0.29) is 23.4 Å². The van der Waals surface area contributed by atoms with Crippen LogP contribution in [0.25, 0.3) is 0 Å². The maximum atomic E-state index is 12.0. The monoisotopic (exact) mass is 250 g/mol. The largest absolute Gasteiger partial charge is 0.367 e. The lowest BCUT2D eigenvalue weighted by molar-refractivity contribution is -0.136. The zero-order chi connectivity index (χ0) is 13.5. The Kier molecular flexibility index (Phi) is 3.68. The molecule has 1 heterocycles. The highest BCUT2D eigenvalue weighted by Gasteiger charge is 2.48. The van der Waals surface area contributed by atoms with Crippen LogP contribution in [0.2, 0.25) is 0 Å². The second-order valence-electron chi connectivity index (χ2n) is 6.67. The van der Waals surface area contributed by atoms with Crippen molar-refractivity contribution in [3.05, 3.63) is 12.2 Å². The van der Waals surface area contributed by atoms with Crippen LogP contribution in [0.5, 0.6) is 0 Å². The second kappa shape index (κ2) is 4.80. The van der Waals surface area contributed by atoms with Gasteiger partial charge in [0.05, 0.1) is 6.10 Å². The van der Waals surface area contributed by atoms with Crippen LogP contribution in [0, 0.1) is 17.3 Å². The first-order chi connectivity index (χ1) is 8.34. The van der Waals surface area contributed by atoms with Gasteiger partial charge in [-0.25, -0.2) is 0 Å². The summed E-state index contributed by atoms with van der Waals surface area (Å²) in [7, 11) is 0. The summed E-state index contributed by atoms with van der Waals surface area (Å²) < 4.78 is 6.05. The number of fused-ring (bicyclic) bond motifs is 1. The average Bonchev–Trinajstić information content (AvgIpc) is 2.37. The summed E-state index contributed by atoms with van der Waals surface area (Å²) in [6, 6.07) is 0. The molecule has 1 aliphatic heterocycles. The lowest BCUT2D eigenvalue weighted by Crippen LogP contribution is -2.44. The third-order valence-corrected chi connectivity index (χ3v) is 5.35. The molecule has 2 nitrogen and oxygen atoms in total. The van der Waals surface area contributed by atoms with E-state index in [2.05, 4.69) is 27.4 Å². The molecule has 102 valence electrons. The molecule has 0 aromatic rings. The van der Waals surface area contributed by atoms with Crippen LogP contribution in [0.1, 0.15) is 53.4 Å². The van der Waals surface area contributed by atoms with Crippen LogP contribution >= 0.6 is 0 Å². The van der Waals surface area contributed by atoms with E-state index in [9.17, 15) is 4.79 Å². The Bertz CT molecular complexity index is 360. The van der Waals surface area contributed by atoms with Crippen molar-refractivity contribution in [2.75, 3.05) is 0 Å². The van der Waals surface area contributed by atoms with Crippen molar-refractivity contribution in [3.8, 4) is 0 Å². The standard InChI is InChI=1S/C16H26O2/c1-10(2)13-6-7-15-16(5,9-13)11(3)8-14(17)12(4)18-15/h11-13,15H,1,6-9H2,2-5H3/t11-,12?,13?,15?,16+/m1/s1. The Balaban J connectivity index is 2.25. The van der Waals surface area contributed by atoms with Gasteiger partial charge in [0.1, 0.15) is 6.10 Å². The molecule has 0 spiro atoms. The molecule has 0 aromatic carbocycles. The molecule has 2 fully saturated rings. The van der Waals surface area contributed by atoms with Crippen molar-refractivity contribution in [3.63, 3.8) is 0 Å². The van der Waals surface area contributed by atoms with E-state index in [1.165, 1.54) is 5.57 Å². The summed E-state index contributed by atoms with van der Waals surface area (Å²) in [6.45, 7) is 12.7. The van der Waals surface area contributed by atoms with E-state index in [0.717, 1.165) is 19.3 Å². The number of carbonyl (C=O) groups is 1. The quantitative estimate of drug-likeness (QED) is 0.662. The van der Waals surface area contributed by atoms with E-state index in [0.29, 0.717) is 18.3 Å². The van der Waals surface area contributed by atoms with Crippen molar-refractivity contribution in [1.29, 1.82) is 0 Å². The molecule has 18 heavy (non-hydrogen) atoms. The minimum Gasteiger partial charge on any atom is -0.367 e. The van der Waals surface area contributed by atoms with Gasteiger partial charge >= 0.3 is 0 Å². The fraction of sp³-hybridized carbons (Fsp3) is 0.812. The summed E-state index contributed by atoms with van der Waals surface area (Å²) in [5.74, 6) is 1.27. The lowest BCUT2D eigenvalue weighted by Gasteiger charge is -2.47. The number of rotatable bonds is 1. The number of allylic oxidation sites excluding steroid dienone is 1. The maximum Gasteiger partial charge on any atom is 0.161 e. The first kappa shape index (κ1) is 13.8. The average molecular weight is 250 g/mol. The van der Waals surface area contributed by atoms with Crippen LogP contribution in [0.3, 0.4) is 0 Å². The number of Topliss-reactive ketones (excluding diaryl/α,β-unsaturated/α-hetero) is 1. The van der Waals surface area contributed by atoms with Gasteiger partial charge in [0.15, 0.2) is 5.78 Å². The Morgan fingerprint density at radius 3 is 2.67 bits per heavy atom. The third-order valence-electron chi connectivity index (χ3n) is 5.35. The van der Waals surface area contributed by atoms with E-state index in [4.69, 9.17) is 4.74 Å². The minimum atomic E-state index is -0.222. The molecule has 1 saturated heterocycles. The summed E-state index contributed by atoms with van der Waals surface area (Å²) >= 11 is 0. The third kappa shape index (κ3) is 2.27. The van der Waals surface area contributed by atoms with E-state index in [1.807, 2.05) is 6.92 Å². The predicted octanol–water partition coefficient (Wildman–Crippen LogP) is 3.75. The lowest BCUT2D eigenvalue weighted by atomic mass is 9.61. The van der Waals surface area contributed by atoms with Gasteiger partial charge in [0, 0.05) is 6.42 Å². The first-order valence-corrected chi connectivity index (χ1v) is 7.18. The van der Waals surface area contributed by atoms with Gasteiger partial charge in [-0.15, -0.1) is 0 Å². The van der Waals surface area contributed by atoms with E-state index in [1.54, 1.807) is 0 Å². The van der Waals surface area contributed by atoms with Gasteiger partial charge in [-0.3, -0.25) is 4.79 Å². The van der Waals surface area contributed by atoms with Gasteiger partial charge in [0.25, 0.3) is 0 Å². The van der Waals surface area contributed by atoms with Crippen molar-refractivity contribution in [2.24, 2.45) is 17.3 Å². The van der Waals surface area contributed by atoms with Crippen LogP contribution in [0.15, 0.2) is 12.2 Å². The summed E-state index contributed by atoms with van der Waals surface area (Å²) in [6.07, 6.45) is 4.02. The molecular weight excluding hydrogens is 224 g/mol. The molecule has 5 atom stereocenters. The highest BCUT2D eigenvalue weighted by Crippen LogP contribution is 2.50. The molecule has 0 N–H and O–H groups in total. The fourth-order valence-electron chi connectivity index (χ4n) is 3.63. The highest BCUT2D eigenvalue weighted by molar-refractivity contribution is 5.83. The molecule has 1 aliphatic carbocycles. The molecule has 2 aliphatic rings. The van der Waals surface area contributed by atoms with Crippen LogP contribution in [-0.4, -0.2) is 18.0 Å². The van der Waals surface area contributed by atoms with Crippen molar-refractivity contribution in [2.45, 2.75) is 65.6 Å². The second-order valence-corrected chi connectivity index (χ2v) is 6.67. The number of ketones is 1. The van der Waals surface area contributed by atoms with Gasteiger partial charge < -0.3 is 4.74 Å². The zero-order valence-corrected chi connectivity index (χ0v) is 12.2. The van der Waals surface area contributed by atoms with Crippen LogP contribution < -0.4 is 0 Å². The Labute approximate surface area is 111 Å². The fourth-order valence-corrected chi connectivity index (χ4v) is 3.63. The number of hydrogen-bond acceptors (Lipinski definition) is 2. The molecule has 2 rings (SSSR count).